The van der Waals surface area contributed by atoms with Gasteiger partial charge in [-0.3, -0.25) is 4.98 Å². The van der Waals surface area contributed by atoms with E-state index in [2.05, 4.69) is 20.9 Å². The van der Waals surface area contributed by atoms with E-state index in [4.69, 9.17) is 10.5 Å². The molecule has 0 unspecified atom stereocenters. The maximum absolute atomic E-state index is 5.81. The van der Waals surface area contributed by atoms with Gasteiger partial charge >= 0.3 is 0 Å². The van der Waals surface area contributed by atoms with Crippen LogP contribution in [0.25, 0.3) is 10.9 Å². The SMILES string of the molecule is Nc1cc(Br)cc(OCc2cccc3cccnc23)c1. The Hall–Kier alpha value is -2.07. The third-order valence-corrected chi connectivity index (χ3v) is 3.46. The van der Waals surface area contributed by atoms with E-state index in [1.54, 1.807) is 6.20 Å². The largest absolute Gasteiger partial charge is 0.489 e. The van der Waals surface area contributed by atoms with E-state index in [1.807, 2.05) is 48.5 Å². The molecule has 1 heterocycles. The van der Waals surface area contributed by atoms with Crippen LogP contribution in [0.5, 0.6) is 5.75 Å². The molecule has 0 atom stereocenters. The third kappa shape index (κ3) is 2.75. The van der Waals surface area contributed by atoms with Crippen molar-refractivity contribution in [3.05, 3.63) is 64.8 Å². The Morgan fingerprint density at radius 1 is 1.10 bits per heavy atom. The van der Waals surface area contributed by atoms with Crippen LogP contribution in [-0.4, -0.2) is 4.98 Å². The number of nitrogen functional groups attached to an aromatic ring is 1. The Kier molecular flexibility index (Phi) is 3.56. The molecule has 100 valence electrons. The molecule has 3 aromatic rings. The summed E-state index contributed by atoms with van der Waals surface area (Å²) in [5.74, 6) is 0.741. The molecule has 3 nitrogen and oxygen atoms in total. The van der Waals surface area contributed by atoms with Crippen LogP contribution in [0.3, 0.4) is 0 Å². The van der Waals surface area contributed by atoms with E-state index in [-0.39, 0.29) is 0 Å². The van der Waals surface area contributed by atoms with Crippen LogP contribution in [0.15, 0.2) is 59.2 Å². The summed E-state index contributed by atoms with van der Waals surface area (Å²) in [6.07, 6.45) is 1.79. The summed E-state index contributed by atoms with van der Waals surface area (Å²) in [6.45, 7) is 0.463. The molecule has 0 aliphatic rings. The van der Waals surface area contributed by atoms with Crippen molar-refractivity contribution in [3.8, 4) is 5.75 Å². The van der Waals surface area contributed by atoms with Gasteiger partial charge in [-0.25, -0.2) is 0 Å². The number of ether oxygens (including phenoxy) is 1. The Bertz CT molecular complexity index is 733. The van der Waals surface area contributed by atoms with Gasteiger partial charge in [0.25, 0.3) is 0 Å². The highest BCUT2D eigenvalue weighted by Gasteiger charge is 2.04. The van der Waals surface area contributed by atoms with Gasteiger partial charge in [0.15, 0.2) is 0 Å². The average molecular weight is 329 g/mol. The minimum Gasteiger partial charge on any atom is -0.489 e. The Labute approximate surface area is 125 Å². The minimum atomic E-state index is 0.463. The molecule has 2 N–H and O–H groups in total. The van der Waals surface area contributed by atoms with Gasteiger partial charge in [0.1, 0.15) is 12.4 Å². The van der Waals surface area contributed by atoms with Crippen LogP contribution in [0, 0.1) is 0 Å². The number of nitrogens with two attached hydrogens (primary N) is 1. The molecule has 0 spiro atoms. The maximum atomic E-state index is 5.81. The van der Waals surface area contributed by atoms with E-state index in [0.717, 1.165) is 26.7 Å². The fourth-order valence-corrected chi connectivity index (χ4v) is 2.60. The molecular weight excluding hydrogens is 316 g/mol. The summed E-state index contributed by atoms with van der Waals surface area (Å²) >= 11 is 3.41. The second-order valence-corrected chi connectivity index (χ2v) is 5.42. The topological polar surface area (TPSA) is 48.1 Å². The molecule has 1 aromatic heterocycles. The second-order valence-electron chi connectivity index (χ2n) is 4.50. The number of hydrogen-bond donors (Lipinski definition) is 1. The molecule has 0 saturated carbocycles. The van der Waals surface area contributed by atoms with Crippen molar-refractivity contribution in [2.75, 3.05) is 5.73 Å². The third-order valence-electron chi connectivity index (χ3n) is 3.00. The fraction of sp³-hybridized carbons (Fsp3) is 0.0625. The van der Waals surface area contributed by atoms with E-state index in [1.165, 1.54) is 0 Å². The molecule has 0 amide bonds. The van der Waals surface area contributed by atoms with Crippen molar-refractivity contribution in [1.82, 2.24) is 4.98 Å². The van der Waals surface area contributed by atoms with Crippen LogP contribution in [0.2, 0.25) is 0 Å². The van der Waals surface area contributed by atoms with Crippen LogP contribution < -0.4 is 10.5 Å². The monoisotopic (exact) mass is 328 g/mol. The average Bonchev–Trinajstić information content (AvgIpc) is 2.44. The number of para-hydroxylation sites is 1. The van der Waals surface area contributed by atoms with Gasteiger partial charge in [-0.05, 0) is 18.2 Å². The molecule has 0 bridgehead atoms. The number of fused-ring (bicyclic) bond motifs is 1. The maximum Gasteiger partial charge on any atom is 0.122 e. The molecule has 0 aliphatic carbocycles. The lowest BCUT2D eigenvalue weighted by atomic mass is 10.1. The summed E-state index contributed by atoms with van der Waals surface area (Å²) in [7, 11) is 0. The summed E-state index contributed by atoms with van der Waals surface area (Å²) in [4.78, 5) is 4.41. The first-order valence-electron chi connectivity index (χ1n) is 6.24. The number of nitrogens with zero attached hydrogens (tertiary/aromatic N) is 1. The van der Waals surface area contributed by atoms with Crippen LogP contribution in [0.4, 0.5) is 5.69 Å². The van der Waals surface area contributed by atoms with Gasteiger partial charge in [-0.2, -0.15) is 0 Å². The van der Waals surface area contributed by atoms with Crippen molar-refractivity contribution in [3.63, 3.8) is 0 Å². The van der Waals surface area contributed by atoms with Crippen molar-refractivity contribution in [2.45, 2.75) is 6.61 Å². The summed E-state index contributed by atoms with van der Waals surface area (Å²) in [5, 5.41) is 1.11. The van der Waals surface area contributed by atoms with Gasteiger partial charge < -0.3 is 10.5 Å². The van der Waals surface area contributed by atoms with Crippen molar-refractivity contribution < 1.29 is 4.74 Å². The number of halogens is 1. The van der Waals surface area contributed by atoms with Gasteiger partial charge in [-0.15, -0.1) is 0 Å². The summed E-state index contributed by atoms with van der Waals surface area (Å²) in [6, 6.07) is 15.6. The molecule has 0 radical (unpaired) electrons. The lowest BCUT2D eigenvalue weighted by molar-refractivity contribution is 0.307. The molecule has 0 saturated heterocycles. The number of rotatable bonds is 3. The quantitative estimate of drug-likeness (QED) is 0.734. The first-order valence-corrected chi connectivity index (χ1v) is 7.03. The smallest absolute Gasteiger partial charge is 0.122 e. The number of benzene rings is 2. The molecule has 20 heavy (non-hydrogen) atoms. The normalized spacial score (nSPS) is 10.7. The Balaban J connectivity index is 1.87. The van der Waals surface area contributed by atoms with Gasteiger partial charge in [0, 0.05) is 33.4 Å². The van der Waals surface area contributed by atoms with Crippen LogP contribution in [-0.2, 0) is 6.61 Å². The number of hydrogen-bond acceptors (Lipinski definition) is 3. The predicted molar refractivity (Wildman–Crippen MR) is 84.6 cm³/mol. The van der Waals surface area contributed by atoms with E-state index in [9.17, 15) is 0 Å². The first kappa shape index (κ1) is 12.9. The fourth-order valence-electron chi connectivity index (χ4n) is 2.11. The Morgan fingerprint density at radius 3 is 2.80 bits per heavy atom. The standard InChI is InChI=1S/C16H13BrN2O/c17-13-7-14(18)9-15(8-13)20-10-12-4-1-3-11-5-2-6-19-16(11)12/h1-9H,10,18H2. The van der Waals surface area contributed by atoms with Crippen molar-refractivity contribution in [1.29, 1.82) is 0 Å². The summed E-state index contributed by atoms with van der Waals surface area (Å²) < 4.78 is 6.72. The lowest BCUT2D eigenvalue weighted by Gasteiger charge is -2.09. The zero-order chi connectivity index (χ0) is 13.9. The number of aromatic nitrogens is 1. The highest BCUT2D eigenvalue weighted by molar-refractivity contribution is 9.10. The molecule has 0 aliphatic heterocycles. The van der Waals surface area contributed by atoms with Crippen molar-refractivity contribution in [2.24, 2.45) is 0 Å². The van der Waals surface area contributed by atoms with Crippen molar-refractivity contribution >= 4 is 32.5 Å². The van der Waals surface area contributed by atoms with Gasteiger partial charge in [0.2, 0.25) is 0 Å². The molecule has 4 heteroatoms. The highest BCUT2D eigenvalue weighted by Crippen LogP contribution is 2.24. The van der Waals surface area contributed by atoms with E-state index in [0.29, 0.717) is 12.3 Å². The first-order chi connectivity index (χ1) is 9.72. The molecule has 2 aromatic carbocycles. The zero-order valence-corrected chi connectivity index (χ0v) is 12.3. The highest BCUT2D eigenvalue weighted by atomic mass is 79.9. The lowest BCUT2D eigenvalue weighted by Crippen LogP contribution is -1.98. The van der Waals surface area contributed by atoms with Gasteiger partial charge in [0.05, 0.1) is 5.52 Å². The van der Waals surface area contributed by atoms with Gasteiger partial charge in [-0.1, -0.05) is 40.2 Å². The summed E-state index contributed by atoms with van der Waals surface area (Å²) in [5.41, 5.74) is 8.50. The number of pyridine rings is 1. The van der Waals surface area contributed by atoms with Crippen LogP contribution >= 0.6 is 15.9 Å². The minimum absolute atomic E-state index is 0.463. The molecular formula is C16H13BrN2O. The molecule has 3 rings (SSSR count). The van der Waals surface area contributed by atoms with E-state index < -0.39 is 0 Å². The Morgan fingerprint density at radius 2 is 1.95 bits per heavy atom. The number of anilines is 1. The van der Waals surface area contributed by atoms with Crippen LogP contribution in [0.1, 0.15) is 5.56 Å². The molecule has 0 fully saturated rings. The predicted octanol–water partition coefficient (Wildman–Crippen LogP) is 4.16. The van der Waals surface area contributed by atoms with E-state index >= 15 is 0 Å². The zero-order valence-electron chi connectivity index (χ0n) is 10.7. The second kappa shape index (κ2) is 5.51.